The first-order valence-electron chi connectivity index (χ1n) is 7.03. The molecular formula is C14H21Cl2FN2O6. The van der Waals surface area contributed by atoms with Gasteiger partial charge < -0.3 is 30.2 Å². The molecule has 0 saturated carbocycles. The van der Waals surface area contributed by atoms with Gasteiger partial charge in [-0.2, -0.15) is 9.37 Å². The number of carbonyl (C=O) groups is 1. The molecule has 0 aliphatic rings. The van der Waals surface area contributed by atoms with E-state index in [0.29, 0.717) is 6.61 Å². The van der Waals surface area contributed by atoms with Crippen molar-refractivity contribution in [3.63, 3.8) is 0 Å². The second kappa shape index (κ2) is 12.0. The van der Waals surface area contributed by atoms with Crippen LogP contribution in [0.1, 0.15) is 13.8 Å². The van der Waals surface area contributed by atoms with Gasteiger partial charge in [0.25, 0.3) is 0 Å². The third kappa shape index (κ3) is 9.03. The van der Waals surface area contributed by atoms with Crippen molar-refractivity contribution in [2.75, 3.05) is 32.7 Å². The number of carboxylic acid groups (broad SMARTS) is 1. The van der Waals surface area contributed by atoms with Crippen LogP contribution in [0.15, 0.2) is 0 Å². The predicted molar refractivity (Wildman–Crippen MR) is 90.7 cm³/mol. The topological polar surface area (TPSA) is 124 Å². The van der Waals surface area contributed by atoms with Crippen molar-refractivity contribution in [3.05, 3.63) is 16.0 Å². The van der Waals surface area contributed by atoms with Gasteiger partial charge in [0.1, 0.15) is 10.0 Å². The van der Waals surface area contributed by atoms with E-state index in [9.17, 15) is 9.18 Å². The molecule has 1 rings (SSSR count). The highest BCUT2D eigenvalue weighted by Crippen LogP contribution is 2.35. The number of aliphatic hydroxyl groups is 1. The number of carboxylic acids is 1. The molecule has 0 amide bonds. The number of halogens is 3. The number of aliphatic carboxylic acids is 1. The highest BCUT2D eigenvalue weighted by molar-refractivity contribution is 6.39. The van der Waals surface area contributed by atoms with E-state index in [2.05, 4.69) is 9.72 Å². The molecule has 144 valence electrons. The van der Waals surface area contributed by atoms with Crippen LogP contribution in [-0.2, 0) is 14.3 Å². The number of nitrogen functional groups attached to an aromatic ring is 1. The third-order valence-electron chi connectivity index (χ3n) is 2.65. The lowest BCUT2D eigenvalue weighted by Crippen LogP contribution is -2.21. The summed E-state index contributed by atoms with van der Waals surface area (Å²) in [7, 11) is 1.64. The average molecular weight is 403 g/mol. The molecule has 11 heteroatoms. The quantitative estimate of drug-likeness (QED) is 0.563. The van der Waals surface area contributed by atoms with Crippen LogP contribution < -0.4 is 10.5 Å². The normalized spacial score (nSPS) is 12.8. The van der Waals surface area contributed by atoms with Crippen LogP contribution in [-0.4, -0.2) is 60.3 Å². The maximum atomic E-state index is 12.9. The Morgan fingerprint density at radius 3 is 2.40 bits per heavy atom. The lowest BCUT2D eigenvalue weighted by atomic mass is 10.4. The van der Waals surface area contributed by atoms with Crippen molar-refractivity contribution in [2.45, 2.75) is 26.1 Å². The number of aromatic nitrogens is 1. The summed E-state index contributed by atoms with van der Waals surface area (Å²) in [6.07, 6.45) is 0.0200. The standard InChI is InChI=1S/C7H5Cl2FN2O3.C7H16O3/c8-3-5(11)4(9)7(12-6(3)10)15-1-2(13)14;1-6(4-8)10-5-7(2)9-3/h1H2,(H2,11,12)(H,13,14);6-8H,4-5H2,1-3H3. The van der Waals surface area contributed by atoms with Gasteiger partial charge in [0.15, 0.2) is 6.61 Å². The van der Waals surface area contributed by atoms with Crippen molar-refractivity contribution >= 4 is 34.9 Å². The van der Waals surface area contributed by atoms with Crippen LogP contribution in [0.4, 0.5) is 10.1 Å². The Balaban J connectivity index is 0.000000504. The summed E-state index contributed by atoms with van der Waals surface area (Å²) in [6.45, 7) is 3.65. The summed E-state index contributed by atoms with van der Waals surface area (Å²) < 4.78 is 27.6. The molecule has 1 aromatic rings. The zero-order valence-electron chi connectivity index (χ0n) is 14.0. The molecule has 0 aromatic carbocycles. The van der Waals surface area contributed by atoms with Gasteiger partial charge >= 0.3 is 5.97 Å². The number of hydrogen-bond donors (Lipinski definition) is 3. The number of nitrogens with two attached hydrogens (primary N) is 1. The first kappa shape index (κ1) is 23.6. The summed E-state index contributed by atoms with van der Waals surface area (Å²) in [5, 5.41) is 16.2. The smallest absolute Gasteiger partial charge is 0.341 e. The van der Waals surface area contributed by atoms with Gasteiger partial charge in [0.2, 0.25) is 11.8 Å². The average Bonchev–Trinajstić information content (AvgIpc) is 2.59. The maximum Gasteiger partial charge on any atom is 0.341 e. The number of anilines is 1. The van der Waals surface area contributed by atoms with Gasteiger partial charge in [-0.3, -0.25) is 0 Å². The Labute approximate surface area is 154 Å². The van der Waals surface area contributed by atoms with Crippen molar-refractivity contribution < 1.29 is 33.6 Å². The number of methoxy groups -OCH3 is 1. The summed E-state index contributed by atoms with van der Waals surface area (Å²) in [5.74, 6) is -2.72. The van der Waals surface area contributed by atoms with Crippen LogP contribution in [0.2, 0.25) is 10.0 Å². The van der Waals surface area contributed by atoms with E-state index in [0.717, 1.165) is 0 Å². The number of ether oxygens (including phenoxy) is 3. The molecule has 2 atom stereocenters. The maximum absolute atomic E-state index is 12.9. The van der Waals surface area contributed by atoms with Gasteiger partial charge in [-0.1, -0.05) is 23.2 Å². The summed E-state index contributed by atoms with van der Waals surface area (Å²) in [5.41, 5.74) is 5.07. The molecule has 0 aliphatic carbocycles. The molecule has 0 bridgehead atoms. The van der Waals surface area contributed by atoms with E-state index in [1.54, 1.807) is 7.11 Å². The van der Waals surface area contributed by atoms with E-state index in [1.807, 2.05) is 13.8 Å². The Kier molecular flexibility index (Phi) is 11.4. The van der Waals surface area contributed by atoms with Crippen LogP contribution in [0, 0.1) is 5.95 Å². The number of pyridine rings is 1. The summed E-state index contributed by atoms with van der Waals surface area (Å²) >= 11 is 11.0. The molecule has 0 spiro atoms. The van der Waals surface area contributed by atoms with E-state index in [4.69, 9.17) is 48.6 Å². The van der Waals surface area contributed by atoms with Crippen LogP contribution in [0.25, 0.3) is 0 Å². The predicted octanol–water partition coefficient (Wildman–Crippen LogP) is 1.99. The molecule has 25 heavy (non-hydrogen) atoms. The first-order valence-corrected chi connectivity index (χ1v) is 7.79. The SMILES string of the molecule is COC(C)COC(C)CO.Nc1c(Cl)c(F)nc(OCC(=O)O)c1Cl. The minimum absolute atomic E-state index is 0.0659. The fraction of sp³-hybridized carbons (Fsp3) is 0.571. The molecule has 2 unspecified atom stereocenters. The Bertz CT molecular complexity index is 555. The minimum Gasteiger partial charge on any atom is -0.479 e. The van der Waals surface area contributed by atoms with Crippen molar-refractivity contribution in [1.29, 1.82) is 0 Å². The monoisotopic (exact) mass is 402 g/mol. The van der Waals surface area contributed by atoms with E-state index in [1.165, 1.54) is 0 Å². The van der Waals surface area contributed by atoms with Crippen molar-refractivity contribution in [2.24, 2.45) is 0 Å². The van der Waals surface area contributed by atoms with Gasteiger partial charge in [0.05, 0.1) is 31.1 Å². The molecule has 0 saturated heterocycles. The Morgan fingerprint density at radius 1 is 1.32 bits per heavy atom. The molecule has 1 heterocycles. The Hall–Kier alpha value is -1.39. The molecule has 0 aliphatic heterocycles. The molecule has 4 N–H and O–H groups in total. The van der Waals surface area contributed by atoms with E-state index in [-0.39, 0.29) is 29.5 Å². The van der Waals surface area contributed by atoms with E-state index < -0.39 is 29.4 Å². The largest absolute Gasteiger partial charge is 0.479 e. The molecular weight excluding hydrogens is 382 g/mol. The number of aliphatic hydroxyl groups excluding tert-OH is 1. The van der Waals surface area contributed by atoms with Crippen LogP contribution in [0.3, 0.4) is 0 Å². The second-order valence-corrected chi connectivity index (χ2v) is 5.56. The highest BCUT2D eigenvalue weighted by atomic mass is 35.5. The van der Waals surface area contributed by atoms with E-state index >= 15 is 0 Å². The summed E-state index contributed by atoms with van der Waals surface area (Å²) in [6, 6.07) is 0. The van der Waals surface area contributed by atoms with Gasteiger partial charge in [-0.25, -0.2) is 4.79 Å². The lowest BCUT2D eigenvalue weighted by molar-refractivity contribution is -0.139. The zero-order valence-corrected chi connectivity index (χ0v) is 15.5. The molecule has 0 fully saturated rings. The number of nitrogens with zero attached hydrogens (tertiary/aromatic N) is 1. The number of hydrogen-bond acceptors (Lipinski definition) is 7. The van der Waals surface area contributed by atoms with Crippen LogP contribution in [0.5, 0.6) is 5.88 Å². The fourth-order valence-electron chi connectivity index (χ4n) is 1.16. The van der Waals surface area contributed by atoms with Crippen molar-refractivity contribution in [3.8, 4) is 5.88 Å². The zero-order chi connectivity index (χ0) is 19.6. The third-order valence-corrected chi connectivity index (χ3v) is 3.37. The lowest BCUT2D eigenvalue weighted by Gasteiger charge is -2.13. The molecule has 0 radical (unpaired) electrons. The van der Waals surface area contributed by atoms with Gasteiger partial charge in [-0.05, 0) is 13.8 Å². The van der Waals surface area contributed by atoms with Gasteiger partial charge in [0, 0.05) is 7.11 Å². The van der Waals surface area contributed by atoms with Crippen molar-refractivity contribution in [1.82, 2.24) is 4.98 Å². The highest BCUT2D eigenvalue weighted by Gasteiger charge is 2.16. The summed E-state index contributed by atoms with van der Waals surface area (Å²) in [4.78, 5) is 13.4. The van der Waals surface area contributed by atoms with Gasteiger partial charge in [-0.15, -0.1) is 0 Å². The molecule has 8 nitrogen and oxygen atoms in total. The first-order chi connectivity index (χ1) is 11.6. The molecule has 1 aromatic heterocycles. The second-order valence-electron chi connectivity index (χ2n) is 4.80. The van der Waals surface area contributed by atoms with Crippen LogP contribution >= 0.6 is 23.2 Å². The Morgan fingerprint density at radius 2 is 1.92 bits per heavy atom. The minimum atomic E-state index is -1.25. The fourth-order valence-corrected chi connectivity index (χ4v) is 1.53. The number of rotatable bonds is 8.